The lowest BCUT2D eigenvalue weighted by atomic mass is 10.1. The maximum atomic E-state index is 13.2. The van der Waals surface area contributed by atoms with Crippen molar-refractivity contribution >= 4 is 11.8 Å². The number of halogens is 2. The Kier molecular flexibility index (Phi) is 6.27. The molecule has 0 radical (unpaired) electrons. The van der Waals surface area contributed by atoms with Crippen LogP contribution >= 0.6 is 11.8 Å². The fraction of sp³-hybridized carbons (Fsp3) is 0.600. The second-order valence-electron chi connectivity index (χ2n) is 5.63. The highest BCUT2D eigenvalue weighted by Gasteiger charge is 2.16. The SMILES string of the molecule is CCNC(CSC(C)(C)C)Cc1ccc(F)c(F)c1. The van der Waals surface area contributed by atoms with Gasteiger partial charge < -0.3 is 5.32 Å². The molecule has 0 heterocycles. The van der Waals surface area contributed by atoms with Gasteiger partial charge in [-0.3, -0.25) is 0 Å². The summed E-state index contributed by atoms with van der Waals surface area (Å²) in [6.45, 7) is 9.47. The van der Waals surface area contributed by atoms with E-state index in [1.54, 1.807) is 6.07 Å². The summed E-state index contributed by atoms with van der Waals surface area (Å²) in [5.41, 5.74) is 0.833. The van der Waals surface area contributed by atoms with Gasteiger partial charge in [0, 0.05) is 16.5 Å². The lowest BCUT2D eigenvalue weighted by Gasteiger charge is -2.23. The zero-order chi connectivity index (χ0) is 14.5. The molecule has 0 amide bonds. The van der Waals surface area contributed by atoms with Crippen LogP contribution in [0.5, 0.6) is 0 Å². The van der Waals surface area contributed by atoms with Crippen LogP contribution in [0, 0.1) is 11.6 Å². The summed E-state index contributed by atoms with van der Waals surface area (Å²) in [7, 11) is 0. The minimum Gasteiger partial charge on any atom is -0.313 e. The van der Waals surface area contributed by atoms with Crippen molar-refractivity contribution in [3.05, 3.63) is 35.4 Å². The molecule has 1 atom stereocenters. The van der Waals surface area contributed by atoms with E-state index in [0.717, 1.165) is 17.9 Å². The van der Waals surface area contributed by atoms with Gasteiger partial charge in [-0.1, -0.05) is 33.8 Å². The average Bonchev–Trinajstić information content (AvgIpc) is 2.30. The summed E-state index contributed by atoms with van der Waals surface area (Å²) in [6.07, 6.45) is 0.716. The summed E-state index contributed by atoms with van der Waals surface area (Å²) >= 11 is 1.88. The predicted molar refractivity (Wildman–Crippen MR) is 79.7 cm³/mol. The van der Waals surface area contributed by atoms with Crippen molar-refractivity contribution in [3.8, 4) is 0 Å². The van der Waals surface area contributed by atoms with Crippen molar-refractivity contribution in [1.82, 2.24) is 5.32 Å². The van der Waals surface area contributed by atoms with E-state index in [-0.39, 0.29) is 10.8 Å². The van der Waals surface area contributed by atoms with E-state index in [0.29, 0.717) is 6.42 Å². The Balaban J connectivity index is 2.64. The number of likely N-dealkylation sites (N-methyl/N-ethyl adjacent to an activating group) is 1. The first-order valence-corrected chi connectivity index (χ1v) is 7.61. The minimum absolute atomic E-state index is 0.210. The Morgan fingerprint density at radius 3 is 2.42 bits per heavy atom. The van der Waals surface area contributed by atoms with Gasteiger partial charge in [-0.2, -0.15) is 11.8 Å². The highest BCUT2D eigenvalue weighted by Crippen LogP contribution is 2.24. The topological polar surface area (TPSA) is 12.0 Å². The van der Waals surface area contributed by atoms with Crippen LogP contribution in [-0.2, 0) is 6.42 Å². The highest BCUT2D eigenvalue weighted by atomic mass is 32.2. The summed E-state index contributed by atoms with van der Waals surface area (Å²) < 4.78 is 26.3. The fourth-order valence-corrected chi connectivity index (χ4v) is 2.72. The van der Waals surface area contributed by atoms with Crippen LogP contribution in [0.1, 0.15) is 33.3 Å². The summed E-state index contributed by atoms with van der Waals surface area (Å²) in [5.74, 6) is -0.597. The van der Waals surface area contributed by atoms with Crippen LogP contribution in [0.2, 0.25) is 0 Å². The van der Waals surface area contributed by atoms with Crippen molar-refractivity contribution in [2.75, 3.05) is 12.3 Å². The third kappa shape index (κ3) is 6.39. The van der Waals surface area contributed by atoms with E-state index >= 15 is 0 Å². The van der Waals surface area contributed by atoms with E-state index in [2.05, 4.69) is 33.0 Å². The van der Waals surface area contributed by atoms with E-state index in [4.69, 9.17) is 0 Å². The molecular formula is C15H23F2NS. The number of hydrogen-bond donors (Lipinski definition) is 1. The third-order valence-corrected chi connectivity index (χ3v) is 4.11. The van der Waals surface area contributed by atoms with Gasteiger partial charge in [0.25, 0.3) is 0 Å². The molecule has 0 saturated heterocycles. The first-order valence-electron chi connectivity index (χ1n) is 6.63. The molecular weight excluding hydrogens is 264 g/mol. The molecule has 1 aromatic carbocycles. The summed E-state index contributed by atoms with van der Waals surface area (Å²) in [4.78, 5) is 0. The van der Waals surface area contributed by atoms with Gasteiger partial charge in [0.1, 0.15) is 0 Å². The summed E-state index contributed by atoms with van der Waals surface area (Å²) in [6, 6.07) is 4.43. The van der Waals surface area contributed by atoms with Crippen LogP contribution in [0.15, 0.2) is 18.2 Å². The van der Waals surface area contributed by atoms with Gasteiger partial charge in [0.15, 0.2) is 11.6 Å². The molecule has 1 unspecified atom stereocenters. The average molecular weight is 287 g/mol. The summed E-state index contributed by atoms with van der Waals surface area (Å²) in [5, 5.41) is 3.40. The van der Waals surface area contributed by atoms with Crippen LogP contribution in [-0.4, -0.2) is 23.1 Å². The van der Waals surface area contributed by atoms with Gasteiger partial charge >= 0.3 is 0 Å². The van der Waals surface area contributed by atoms with Gasteiger partial charge in [-0.05, 0) is 30.7 Å². The Hall–Kier alpha value is -0.610. The van der Waals surface area contributed by atoms with Crippen molar-refractivity contribution < 1.29 is 8.78 Å². The van der Waals surface area contributed by atoms with Gasteiger partial charge in [-0.15, -0.1) is 0 Å². The van der Waals surface area contributed by atoms with E-state index < -0.39 is 11.6 Å². The maximum absolute atomic E-state index is 13.2. The number of thioether (sulfide) groups is 1. The molecule has 1 nitrogen and oxygen atoms in total. The van der Waals surface area contributed by atoms with Crippen molar-refractivity contribution in [1.29, 1.82) is 0 Å². The first-order chi connectivity index (χ1) is 8.81. The Bertz CT molecular complexity index is 402. The van der Waals surface area contributed by atoms with Crippen LogP contribution in [0.4, 0.5) is 8.78 Å². The molecule has 0 bridgehead atoms. The van der Waals surface area contributed by atoms with Crippen LogP contribution in [0.3, 0.4) is 0 Å². The van der Waals surface area contributed by atoms with E-state index in [1.807, 2.05) is 11.8 Å². The molecule has 1 N–H and O–H groups in total. The van der Waals surface area contributed by atoms with E-state index in [1.165, 1.54) is 12.1 Å². The monoisotopic (exact) mass is 287 g/mol. The normalized spacial score (nSPS) is 13.6. The molecule has 0 fully saturated rings. The largest absolute Gasteiger partial charge is 0.313 e. The fourth-order valence-electron chi connectivity index (χ4n) is 1.78. The Morgan fingerprint density at radius 2 is 1.89 bits per heavy atom. The molecule has 0 saturated carbocycles. The molecule has 4 heteroatoms. The van der Waals surface area contributed by atoms with Crippen LogP contribution in [0.25, 0.3) is 0 Å². The highest BCUT2D eigenvalue weighted by molar-refractivity contribution is 8.00. The number of nitrogens with one attached hydrogen (secondary N) is 1. The Morgan fingerprint density at radius 1 is 1.21 bits per heavy atom. The number of hydrogen-bond acceptors (Lipinski definition) is 2. The smallest absolute Gasteiger partial charge is 0.159 e. The zero-order valence-electron chi connectivity index (χ0n) is 12.1. The number of benzene rings is 1. The van der Waals surface area contributed by atoms with E-state index in [9.17, 15) is 8.78 Å². The van der Waals surface area contributed by atoms with Crippen molar-refractivity contribution in [3.63, 3.8) is 0 Å². The number of rotatable bonds is 6. The molecule has 0 spiro atoms. The lowest BCUT2D eigenvalue weighted by Crippen LogP contribution is -2.34. The molecule has 0 aliphatic carbocycles. The molecule has 0 aromatic heterocycles. The van der Waals surface area contributed by atoms with Gasteiger partial charge in [0.05, 0.1) is 0 Å². The predicted octanol–water partition coefficient (Wildman–Crippen LogP) is 4.02. The lowest BCUT2D eigenvalue weighted by molar-refractivity contribution is 0.504. The molecule has 19 heavy (non-hydrogen) atoms. The van der Waals surface area contributed by atoms with Crippen molar-refractivity contribution in [2.24, 2.45) is 0 Å². The second kappa shape index (κ2) is 7.25. The van der Waals surface area contributed by atoms with Crippen molar-refractivity contribution in [2.45, 2.75) is 44.9 Å². The molecule has 108 valence electrons. The molecule has 1 aromatic rings. The molecule has 1 rings (SSSR count). The zero-order valence-corrected chi connectivity index (χ0v) is 12.9. The standard InChI is InChI=1S/C15H23F2NS/c1-5-18-12(10-19-15(2,3)4)8-11-6-7-13(16)14(17)9-11/h6-7,9,12,18H,5,8,10H2,1-4H3. The first kappa shape index (κ1) is 16.4. The second-order valence-corrected chi connectivity index (χ2v) is 7.48. The minimum atomic E-state index is -0.784. The quantitative estimate of drug-likeness (QED) is 0.848. The molecule has 0 aliphatic rings. The van der Waals surface area contributed by atoms with Crippen LogP contribution < -0.4 is 5.32 Å². The maximum Gasteiger partial charge on any atom is 0.159 e. The van der Waals surface area contributed by atoms with Gasteiger partial charge in [0.2, 0.25) is 0 Å². The third-order valence-electron chi connectivity index (χ3n) is 2.68. The van der Waals surface area contributed by atoms with Gasteiger partial charge in [-0.25, -0.2) is 8.78 Å². The Labute approximate surface area is 119 Å². The molecule has 0 aliphatic heterocycles.